The molecule has 7 nitrogen and oxygen atoms in total. The molecule has 2 rings (SSSR count). The number of carbonyl (C=O) groups excluding carboxylic acids is 1. The summed E-state index contributed by atoms with van der Waals surface area (Å²) in [6.45, 7) is 14.1. The van der Waals surface area contributed by atoms with Gasteiger partial charge in [0.25, 0.3) is 5.91 Å². The lowest BCUT2D eigenvalue weighted by molar-refractivity contribution is -0.123. The third kappa shape index (κ3) is 4.61. The molecule has 1 amide bonds. The molecule has 0 spiro atoms. The quantitative estimate of drug-likeness (QED) is 0.137. The fourth-order valence-electron chi connectivity index (χ4n) is 3.37. The molecule has 0 unspecified atom stereocenters. The second kappa shape index (κ2) is 9.54. The topological polar surface area (TPSA) is 76.7 Å². The number of anilines is 1. The first-order valence-corrected chi connectivity index (χ1v) is 9.90. The molecule has 1 fully saturated rings. The van der Waals surface area contributed by atoms with Crippen LogP contribution in [0.5, 0.6) is 0 Å². The van der Waals surface area contributed by atoms with Crippen molar-refractivity contribution < 1.29 is 4.79 Å². The van der Waals surface area contributed by atoms with Gasteiger partial charge in [0.1, 0.15) is 5.54 Å². The molecule has 1 saturated heterocycles. The second-order valence-corrected chi connectivity index (χ2v) is 7.80. The van der Waals surface area contributed by atoms with Crippen LogP contribution < -0.4 is 4.90 Å². The van der Waals surface area contributed by atoms with Gasteiger partial charge in [-0.15, -0.1) is 0 Å². The molecule has 1 aliphatic rings. The average Bonchev–Trinajstić information content (AvgIpc) is 2.82. The van der Waals surface area contributed by atoms with Crippen molar-refractivity contribution >= 4 is 34.6 Å². The van der Waals surface area contributed by atoms with Gasteiger partial charge in [0.05, 0.1) is 6.57 Å². The van der Waals surface area contributed by atoms with Crippen molar-refractivity contribution in [2.24, 2.45) is 5.11 Å². The van der Waals surface area contributed by atoms with Gasteiger partial charge in [-0.2, -0.15) is 0 Å². The van der Waals surface area contributed by atoms with Crippen LogP contribution >= 0.6 is 12.2 Å². The maximum Gasteiger partial charge on any atom is 0.258 e. The minimum absolute atomic E-state index is 0.0400. The van der Waals surface area contributed by atoms with Crippen LogP contribution in [-0.2, 0) is 4.79 Å². The average molecular weight is 399 g/mol. The van der Waals surface area contributed by atoms with Crippen LogP contribution in [0.2, 0.25) is 0 Å². The van der Waals surface area contributed by atoms with Crippen LogP contribution in [0, 0.1) is 13.5 Å². The Kier molecular flexibility index (Phi) is 7.38. The number of hydrogen-bond donors (Lipinski definition) is 0. The van der Waals surface area contributed by atoms with Crippen LogP contribution in [0.1, 0.15) is 51.5 Å². The van der Waals surface area contributed by atoms with E-state index in [-0.39, 0.29) is 5.91 Å². The summed E-state index contributed by atoms with van der Waals surface area (Å²) in [6.07, 6.45) is 4.99. The van der Waals surface area contributed by atoms with Crippen molar-refractivity contribution in [2.45, 2.75) is 58.4 Å². The normalized spacial score (nSPS) is 15.5. The van der Waals surface area contributed by atoms with Crippen molar-refractivity contribution in [1.82, 2.24) is 4.90 Å². The van der Waals surface area contributed by atoms with Crippen LogP contribution in [0.4, 0.5) is 11.4 Å². The van der Waals surface area contributed by atoms with Crippen molar-refractivity contribution in [1.29, 1.82) is 0 Å². The summed E-state index contributed by atoms with van der Waals surface area (Å²) in [5.74, 6) is -0.0400. The van der Waals surface area contributed by atoms with Crippen molar-refractivity contribution in [2.75, 3.05) is 18.0 Å². The van der Waals surface area contributed by atoms with Crippen molar-refractivity contribution in [3.8, 4) is 0 Å². The van der Waals surface area contributed by atoms with E-state index in [1.807, 2.05) is 31.7 Å². The van der Waals surface area contributed by atoms with E-state index in [4.69, 9.17) is 24.3 Å². The molecule has 0 aromatic heterocycles. The van der Waals surface area contributed by atoms with E-state index in [1.54, 1.807) is 17.0 Å². The van der Waals surface area contributed by atoms with Gasteiger partial charge < -0.3 is 4.90 Å². The lowest BCUT2D eigenvalue weighted by Gasteiger charge is -2.29. The third-order valence-electron chi connectivity index (χ3n) is 5.09. The Hall–Kier alpha value is -2.62. The Bertz CT molecular complexity index is 838. The molecule has 0 aliphatic carbocycles. The number of azide groups is 1. The molecule has 1 aliphatic heterocycles. The smallest absolute Gasteiger partial charge is 0.258 e. The first-order chi connectivity index (χ1) is 13.3. The molecule has 0 saturated carbocycles. The maximum atomic E-state index is 13.0. The Morgan fingerprint density at radius 2 is 1.89 bits per heavy atom. The molecular weight excluding hydrogens is 372 g/mol. The van der Waals surface area contributed by atoms with Crippen LogP contribution in [0.25, 0.3) is 15.3 Å². The highest BCUT2D eigenvalue weighted by molar-refractivity contribution is 7.80. The minimum Gasteiger partial charge on any atom is -0.334 e. The number of aryl methyl sites for hydroxylation is 1. The second-order valence-electron chi connectivity index (χ2n) is 7.44. The van der Waals surface area contributed by atoms with Gasteiger partial charge in [-0.1, -0.05) is 30.4 Å². The van der Waals surface area contributed by atoms with Crippen molar-refractivity contribution in [3.05, 3.63) is 45.6 Å². The molecule has 0 N–H and O–H groups in total. The predicted molar refractivity (Wildman–Crippen MR) is 115 cm³/mol. The van der Waals surface area contributed by atoms with Crippen LogP contribution in [0.15, 0.2) is 23.3 Å². The van der Waals surface area contributed by atoms with Crippen LogP contribution in [-0.4, -0.2) is 34.5 Å². The number of hydrogen-bond acceptors (Lipinski definition) is 3. The molecule has 1 aromatic carbocycles. The molecular formula is C20H26N6OS. The molecule has 0 atom stereocenters. The molecule has 1 heterocycles. The summed E-state index contributed by atoms with van der Waals surface area (Å²) >= 11 is 5.65. The fraction of sp³-hybridized carbons (Fsp3) is 0.550. The predicted octanol–water partition coefficient (Wildman–Crippen LogP) is 5.52. The standard InChI is InChI=1S/C20H26N6OS/c1-15-14-16(10-11-17(15)22-4)26-18(27)20(2,3)25(19(26)28)13-9-7-5-6-8-12-23-24-21/h10-11,14H,5-9,12-13H2,1-3H3. The van der Waals surface area contributed by atoms with Gasteiger partial charge in [-0.3, -0.25) is 9.69 Å². The van der Waals surface area contributed by atoms with Crippen LogP contribution in [0.3, 0.4) is 0 Å². The summed E-state index contributed by atoms with van der Waals surface area (Å²) in [7, 11) is 0. The number of thiocarbonyl (C=S) groups is 1. The summed E-state index contributed by atoms with van der Waals surface area (Å²) < 4.78 is 0. The number of nitrogens with zero attached hydrogens (tertiary/aromatic N) is 6. The van der Waals surface area contributed by atoms with Gasteiger partial charge in [-0.05, 0) is 69.1 Å². The Labute approximate surface area is 171 Å². The first-order valence-electron chi connectivity index (χ1n) is 9.49. The first kappa shape index (κ1) is 21.7. The molecule has 148 valence electrons. The summed E-state index contributed by atoms with van der Waals surface area (Å²) in [4.78, 5) is 22.9. The summed E-state index contributed by atoms with van der Waals surface area (Å²) in [5.41, 5.74) is 9.71. The molecule has 1 aromatic rings. The zero-order chi connectivity index (χ0) is 20.7. The van der Waals surface area contributed by atoms with E-state index in [0.717, 1.165) is 44.2 Å². The number of rotatable bonds is 9. The lowest BCUT2D eigenvalue weighted by atomic mass is 10.0. The number of carbonyl (C=O) groups is 1. The van der Waals surface area contributed by atoms with Gasteiger partial charge in [0.15, 0.2) is 10.8 Å². The summed E-state index contributed by atoms with van der Waals surface area (Å²) in [6, 6.07) is 5.37. The largest absolute Gasteiger partial charge is 0.334 e. The van der Waals surface area contributed by atoms with Crippen molar-refractivity contribution in [3.63, 3.8) is 0 Å². The zero-order valence-corrected chi connectivity index (χ0v) is 17.5. The highest BCUT2D eigenvalue weighted by Gasteiger charge is 2.49. The lowest BCUT2D eigenvalue weighted by Crippen LogP contribution is -2.44. The highest BCUT2D eigenvalue weighted by Crippen LogP contribution is 2.34. The van der Waals surface area contributed by atoms with Gasteiger partial charge in [0, 0.05) is 23.7 Å². The number of unbranched alkanes of at least 4 members (excludes halogenated alkanes) is 4. The Morgan fingerprint density at radius 1 is 1.21 bits per heavy atom. The van der Waals surface area contributed by atoms with Gasteiger partial charge in [0.2, 0.25) is 0 Å². The van der Waals surface area contributed by atoms with E-state index in [1.165, 1.54) is 0 Å². The fourth-order valence-corrected chi connectivity index (χ4v) is 3.88. The highest BCUT2D eigenvalue weighted by atomic mass is 32.1. The third-order valence-corrected chi connectivity index (χ3v) is 5.49. The van der Waals surface area contributed by atoms with E-state index < -0.39 is 5.54 Å². The van der Waals surface area contributed by atoms with Gasteiger partial charge in [-0.25, -0.2) is 4.85 Å². The van der Waals surface area contributed by atoms with Gasteiger partial charge >= 0.3 is 0 Å². The molecule has 0 radical (unpaired) electrons. The Morgan fingerprint density at radius 3 is 2.54 bits per heavy atom. The van der Waals surface area contributed by atoms with E-state index >= 15 is 0 Å². The summed E-state index contributed by atoms with van der Waals surface area (Å²) in [5, 5.41) is 4.06. The number of benzene rings is 1. The zero-order valence-electron chi connectivity index (χ0n) is 16.7. The molecule has 0 bridgehead atoms. The molecule has 28 heavy (non-hydrogen) atoms. The maximum absolute atomic E-state index is 13.0. The minimum atomic E-state index is -0.690. The SMILES string of the molecule is [C-]#[N+]c1ccc(N2C(=O)C(C)(C)N(CCCCCCCN=[N+]=[N-])C2=S)cc1C. The number of amides is 1. The Balaban J connectivity index is 2.00. The monoisotopic (exact) mass is 398 g/mol. The molecule has 8 heteroatoms. The van der Waals surface area contributed by atoms with E-state index in [0.29, 0.717) is 23.0 Å². The van der Waals surface area contributed by atoms with E-state index in [2.05, 4.69) is 14.9 Å². The van der Waals surface area contributed by atoms with E-state index in [9.17, 15) is 4.79 Å².